The fourth-order valence-electron chi connectivity index (χ4n) is 2.33. The first kappa shape index (κ1) is 15.4. The average molecular weight is 376 g/mol. The maximum Gasteiger partial charge on any atom is 0.106 e. The number of halogens is 1. The number of nitrogens with one attached hydrogen (secondary N) is 1. The Morgan fingerprint density at radius 2 is 2.09 bits per heavy atom. The molecule has 0 spiro atoms. The lowest BCUT2D eigenvalue weighted by Crippen LogP contribution is -1.91. The number of rotatable bonds is 3. The molecule has 1 N–H and O–H groups in total. The largest absolute Gasteiger partial charge is 0.331 e. The van der Waals surface area contributed by atoms with Crippen molar-refractivity contribution in [2.45, 2.75) is 20.3 Å². The SMILES string of the molecule is CC1=CCC(Br)=CC=C1SNc1ccc2c(c1)nc(C)n2C. The molecule has 1 aliphatic rings. The topological polar surface area (TPSA) is 29.9 Å². The van der Waals surface area contributed by atoms with Crippen molar-refractivity contribution >= 4 is 44.6 Å². The quantitative estimate of drug-likeness (QED) is 0.722. The lowest BCUT2D eigenvalue weighted by Gasteiger charge is -2.09. The number of hydrogen-bond acceptors (Lipinski definition) is 3. The summed E-state index contributed by atoms with van der Waals surface area (Å²) >= 11 is 5.19. The monoisotopic (exact) mass is 375 g/mol. The molecule has 22 heavy (non-hydrogen) atoms. The minimum Gasteiger partial charge on any atom is -0.331 e. The second-order valence-corrected chi connectivity index (χ2v) is 7.23. The van der Waals surface area contributed by atoms with Crippen molar-refractivity contribution in [1.29, 1.82) is 0 Å². The molecule has 0 unspecified atom stereocenters. The molecule has 0 bridgehead atoms. The number of aromatic nitrogens is 2. The zero-order chi connectivity index (χ0) is 15.7. The van der Waals surface area contributed by atoms with E-state index in [1.54, 1.807) is 11.9 Å². The van der Waals surface area contributed by atoms with Crippen molar-refractivity contribution in [1.82, 2.24) is 9.55 Å². The van der Waals surface area contributed by atoms with E-state index in [2.05, 4.69) is 73.6 Å². The first-order chi connectivity index (χ1) is 10.5. The van der Waals surface area contributed by atoms with E-state index in [-0.39, 0.29) is 0 Å². The van der Waals surface area contributed by atoms with Gasteiger partial charge in [-0.15, -0.1) is 0 Å². The van der Waals surface area contributed by atoms with Gasteiger partial charge < -0.3 is 9.29 Å². The smallest absolute Gasteiger partial charge is 0.106 e. The minimum atomic E-state index is 0.950. The molecule has 3 nitrogen and oxygen atoms in total. The van der Waals surface area contributed by atoms with E-state index in [4.69, 9.17) is 0 Å². The van der Waals surface area contributed by atoms with Gasteiger partial charge >= 0.3 is 0 Å². The van der Waals surface area contributed by atoms with Crippen molar-refractivity contribution in [2.24, 2.45) is 7.05 Å². The molecule has 1 aliphatic carbocycles. The van der Waals surface area contributed by atoms with Crippen LogP contribution in [0, 0.1) is 6.92 Å². The maximum absolute atomic E-state index is 4.58. The summed E-state index contributed by atoms with van der Waals surface area (Å²) in [6.07, 6.45) is 7.44. The third kappa shape index (κ3) is 3.15. The Morgan fingerprint density at radius 1 is 1.27 bits per heavy atom. The van der Waals surface area contributed by atoms with E-state index in [1.807, 2.05) is 14.0 Å². The standard InChI is InChI=1S/C17H18BrN3S/c1-11-4-5-13(18)6-9-17(11)22-20-14-7-8-16-15(10-14)19-12(2)21(16)3/h4,6-10,20H,5H2,1-3H3. The van der Waals surface area contributed by atoms with Crippen LogP contribution in [0.4, 0.5) is 5.69 Å². The molecule has 1 heterocycles. The number of benzene rings is 1. The number of allylic oxidation sites excluding steroid dienone is 5. The maximum atomic E-state index is 4.58. The second kappa shape index (κ2) is 6.34. The van der Waals surface area contributed by atoms with E-state index in [9.17, 15) is 0 Å². The van der Waals surface area contributed by atoms with Gasteiger partial charge in [0.1, 0.15) is 5.82 Å². The van der Waals surface area contributed by atoms with E-state index in [0.29, 0.717) is 0 Å². The molecule has 0 fully saturated rings. The first-order valence-corrected chi connectivity index (χ1v) is 8.75. The number of aryl methyl sites for hydroxylation is 2. The Morgan fingerprint density at radius 3 is 2.91 bits per heavy atom. The van der Waals surface area contributed by atoms with E-state index >= 15 is 0 Å². The summed E-state index contributed by atoms with van der Waals surface area (Å²) in [5, 5.41) is 0. The molecule has 1 aromatic carbocycles. The predicted molar refractivity (Wildman–Crippen MR) is 100 cm³/mol. The molecule has 0 aliphatic heterocycles. The summed E-state index contributed by atoms with van der Waals surface area (Å²) in [7, 11) is 2.04. The summed E-state index contributed by atoms with van der Waals surface area (Å²) < 4.78 is 6.73. The predicted octanol–water partition coefficient (Wildman–Crippen LogP) is 5.45. The third-order valence-electron chi connectivity index (χ3n) is 3.79. The van der Waals surface area contributed by atoms with Crippen molar-refractivity contribution in [3.05, 3.63) is 57.2 Å². The van der Waals surface area contributed by atoms with Gasteiger partial charge in [-0.2, -0.15) is 0 Å². The van der Waals surface area contributed by atoms with Crippen molar-refractivity contribution in [3.8, 4) is 0 Å². The molecular weight excluding hydrogens is 358 g/mol. The van der Waals surface area contributed by atoms with Gasteiger partial charge in [0.15, 0.2) is 0 Å². The highest BCUT2D eigenvalue weighted by Gasteiger charge is 2.07. The Labute approximate surface area is 143 Å². The second-order valence-electron chi connectivity index (χ2n) is 5.36. The average Bonchev–Trinajstić information content (AvgIpc) is 2.68. The molecule has 114 valence electrons. The highest BCUT2D eigenvalue weighted by Crippen LogP contribution is 2.30. The van der Waals surface area contributed by atoms with E-state index < -0.39 is 0 Å². The van der Waals surface area contributed by atoms with Gasteiger partial charge in [-0.05, 0) is 66.5 Å². The number of imidazole rings is 1. The van der Waals surface area contributed by atoms with Crippen molar-refractivity contribution in [2.75, 3.05) is 4.72 Å². The fraction of sp³-hybridized carbons (Fsp3) is 0.235. The van der Waals surface area contributed by atoms with Crippen LogP contribution in [0.1, 0.15) is 19.2 Å². The van der Waals surface area contributed by atoms with Gasteiger partial charge in [-0.3, -0.25) is 0 Å². The molecule has 0 atom stereocenters. The van der Waals surface area contributed by atoms with Gasteiger partial charge in [0, 0.05) is 17.6 Å². The molecule has 0 radical (unpaired) electrons. The van der Waals surface area contributed by atoms with Crippen LogP contribution in [-0.2, 0) is 7.05 Å². The van der Waals surface area contributed by atoms with Gasteiger partial charge in [-0.25, -0.2) is 4.98 Å². The van der Waals surface area contributed by atoms with Crippen molar-refractivity contribution < 1.29 is 0 Å². The molecular formula is C17H18BrN3S. The van der Waals surface area contributed by atoms with Crippen LogP contribution in [-0.4, -0.2) is 9.55 Å². The van der Waals surface area contributed by atoms with Crippen LogP contribution in [0.15, 0.2) is 51.4 Å². The van der Waals surface area contributed by atoms with Crippen LogP contribution in [0.3, 0.4) is 0 Å². The minimum absolute atomic E-state index is 0.950. The lowest BCUT2D eigenvalue weighted by atomic mass is 10.2. The van der Waals surface area contributed by atoms with E-state index in [1.165, 1.54) is 15.0 Å². The van der Waals surface area contributed by atoms with Gasteiger partial charge in [0.2, 0.25) is 0 Å². The summed E-state index contributed by atoms with van der Waals surface area (Å²) in [5.41, 5.74) is 4.54. The number of anilines is 1. The van der Waals surface area contributed by atoms with Crippen LogP contribution in [0.25, 0.3) is 11.0 Å². The van der Waals surface area contributed by atoms with E-state index in [0.717, 1.165) is 29.0 Å². The molecule has 2 aromatic rings. The summed E-state index contributed by atoms with van der Waals surface area (Å²) in [4.78, 5) is 5.81. The molecule has 3 rings (SSSR count). The van der Waals surface area contributed by atoms with Crippen LogP contribution in [0.5, 0.6) is 0 Å². The number of fused-ring (bicyclic) bond motifs is 1. The number of nitrogens with zero attached hydrogens (tertiary/aromatic N) is 2. The summed E-state index contributed by atoms with van der Waals surface area (Å²) in [6, 6.07) is 6.30. The van der Waals surface area contributed by atoms with Gasteiger partial charge in [-0.1, -0.05) is 28.1 Å². The zero-order valence-electron chi connectivity index (χ0n) is 12.9. The van der Waals surface area contributed by atoms with Crippen LogP contribution in [0.2, 0.25) is 0 Å². The molecule has 0 saturated heterocycles. The Kier molecular flexibility index (Phi) is 4.45. The molecule has 5 heteroatoms. The highest BCUT2D eigenvalue weighted by atomic mass is 79.9. The summed E-state index contributed by atoms with van der Waals surface area (Å²) in [6.45, 7) is 4.17. The molecule has 1 aromatic heterocycles. The Balaban J connectivity index is 1.79. The lowest BCUT2D eigenvalue weighted by molar-refractivity contribution is 0.886. The number of hydrogen-bond donors (Lipinski definition) is 1. The zero-order valence-corrected chi connectivity index (χ0v) is 15.3. The first-order valence-electron chi connectivity index (χ1n) is 7.14. The Hall–Kier alpha value is -1.46. The van der Waals surface area contributed by atoms with Gasteiger partial charge in [0.05, 0.1) is 11.0 Å². The fourth-order valence-corrected chi connectivity index (χ4v) is 3.36. The summed E-state index contributed by atoms with van der Waals surface area (Å²) in [5.74, 6) is 1.03. The van der Waals surface area contributed by atoms with Crippen LogP contribution < -0.4 is 4.72 Å². The Bertz CT molecular complexity index is 815. The molecule has 0 saturated carbocycles. The van der Waals surface area contributed by atoms with Crippen LogP contribution >= 0.6 is 27.9 Å². The van der Waals surface area contributed by atoms with Gasteiger partial charge in [0.25, 0.3) is 0 Å². The normalized spacial score (nSPS) is 15.2. The highest BCUT2D eigenvalue weighted by molar-refractivity contribution is 9.11. The van der Waals surface area contributed by atoms with Crippen molar-refractivity contribution in [3.63, 3.8) is 0 Å². The third-order valence-corrected chi connectivity index (χ3v) is 5.39. The molecule has 0 amide bonds.